The predicted molar refractivity (Wildman–Crippen MR) is 212 cm³/mol. The van der Waals surface area contributed by atoms with Gasteiger partial charge in [0.1, 0.15) is 5.84 Å². The number of amidine groups is 2. The first-order chi connectivity index (χ1) is 25.1. The zero-order chi connectivity index (χ0) is 34.6. The molecule has 0 atom stereocenters. The lowest BCUT2D eigenvalue weighted by molar-refractivity contribution is 1.06. The van der Waals surface area contributed by atoms with E-state index in [1.165, 1.54) is 5.56 Å². The molecule has 5 heteroatoms. The first-order valence-corrected chi connectivity index (χ1v) is 17.0. The summed E-state index contributed by atoms with van der Waals surface area (Å²) in [6, 6.07) is 54.2. The lowest BCUT2D eigenvalue weighted by atomic mass is 9.94. The second-order valence-electron chi connectivity index (χ2n) is 12.6. The Balaban J connectivity index is 1.19. The number of hydrogen-bond donors (Lipinski definition) is 1. The van der Waals surface area contributed by atoms with E-state index in [1.807, 2.05) is 79.1 Å². The molecule has 0 unspecified atom stereocenters. The molecule has 0 amide bonds. The Morgan fingerprint density at radius 2 is 1.18 bits per heavy atom. The molecule has 2 heterocycles. The van der Waals surface area contributed by atoms with E-state index in [4.69, 9.17) is 20.7 Å². The van der Waals surface area contributed by atoms with Crippen molar-refractivity contribution in [2.45, 2.75) is 13.5 Å². The average Bonchev–Trinajstić information content (AvgIpc) is 3.20. The number of fused-ring (bicyclic) bond motifs is 3. The van der Waals surface area contributed by atoms with Gasteiger partial charge < -0.3 is 5.73 Å². The van der Waals surface area contributed by atoms with Crippen molar-refractivity contribution in [3.8, 4) is 33.5 Å². The van der Waals surface area contributed by atoms with E-state index in [0.717, 1.165) is 71.9 Å². The van der Waals surface area contributed by atoms with Crippen molar-refractivity contribution in [2.75, 3.05) is 0 Å². The summed E-state index contributed by atoms with van der Waals surface area (Å²) in [7, 11) is 0. The molecule has 0 bridgehead atoms. The van der Waals surface area contributed by atoms with Gasteiger partial charge in [0.2, 0.25) is 0 Å². The average molecular weight is 658 g/mol. The van der Waals surface area contributed by atoms with Gasteiger partial charge >= 0.3 is 0 Å². The molecular formula is C46H35N5. The van der Waals surface area contributed by atoms with Crippen LogP contribution in [-0.4, -0.2) is 21.6 Å². The zero-order valence-corrected chi connectivity index (χ0v) is 28.2. The van der Waals surface area contributed by atoms with Crippen molar-refractivity contribution in [2.24, 2.45) is 15.7 Å². The summed E-state index contributed by atoms with van der Waals surface area (Å²) in [5.74, 6) is 1.02. The lowest BCUT2D eigenvalue weighted by Crippen LogP contribution is -2.16. The maximum atomic E-state index is 6.49. The van der Waals surface area contributed by atoms with E-state index >= 15 is 0 Å². The van der Waals surface area contributed by atoms with Gasteiger partial charge in [0, 0.05) is 39.9 Å². The predicted octanol–water partition coefficient (Wildman–Crippen LogP) is 10.4. The van der Waals surface area contributed by atoms with Crippen molar-refractivity contribution < 1.29 is 0 Å². The third kappa shape index (κ3) is 6.78. The maximum absolute atomic E-state index is 6.49. The van der Waals surface area contributed by atoms with Gasteiger partial charge in [-0.1, -0.05) is 133 Å². The van der Waals surface area contributed by atoms with E-state index in [9.17, 15) is 0 Å². The van der Waals surface area contributed by atoms with E-state index in [-0.39, 0.29) is 0 Å². The van der Waals surface area contributed by atoms with Crippen LogP contribution in [0.25, 0.3) is 55.2 Å². The Morgan fingerprint density at radius 3 is 1.88 bits per heavy atom. The van der Waals surface area contributed by atoms with E-state index in [0.29, 0.717) is 18.2 Å². The van der Waals surface area contributed by atoms with Gasteiger partial charge in [-0.05, 0) is 70.5 Å². The lowest BCUT2D eigenvalue weighted by Gasteiger charge is -2.12. The molecule has 2 aromatic heterocycles. The fourth-order valence-electron chi connectivity index (χ4n) is 6.43. The maximum Gasteiger partial charge on any atom is 0.157 e. The highest BCUT2D eigenvalue weighted by atomic mass is 15.0. The Bertz CT molecular complexity index is 2540. The first-order valence-electron chi connectivity index (χ1n) is 17.0. The summed E-state index contributed by atoms with van der Waals surface area (Å²) in [5.41, 5.74) is 18.0. The third-order valence-electron chi connectivity index (χ3n) is 9.11. The SMILES string of the molecule is Cc1ccc(-c2cc(CN=C(N=C(N)c3ccccc3)c3ccccc3)cc(-c3ccc(-c4nc5ccccc5c5ccncc45)cc3)c2)cc1. The summed E-state index contributed by atoms with van der Waals surface area (Å²) in [6.45, 7) is 2.54. The van der Waals surface area contributed by atoms with Crippen molar-refractivity contribution >= 4 is 33.3 Å². The largest absolute Gasteiger partial charge is 0.383 e. The molecular weight excluding hydrogens is 623 g/mol. The van der Waals surface area contributed by atoms with Gasteiger partial charge in [0.05, 0.1) is 17.8 Å². The number of rotatable bonds is 7. The van der Waals surface area contributed by atoms with Crippen LogP contribution < -0.4 is 5.73 Å². The van der Waals surface area contributed by atoms with E-state index in [1.54, 1.807) is 0 Å². The molecule has 0 aliphatic heterocycles. The number of aliphatic imine (C=N–C) groups is 2. The molecule has 0 fully saturated rings. The number of nitrogens with two attached hydrogens (primary N) is 1. The van der Waals surface area contributed by atoms with Gasteiger partial charge in [-0.2, -0.15) is 0 Å². The summed E-state index contributed by atoms with van der Waals surface area (Å²) in [4.78, 5) is 19.4. The van der Waals surface area contributed by atoms with Gasteiger partial charge in [0.25, 0.3) is 0 Å². The van der Waals surface area contributed by atoms with Crippen molar-refractivity contribution in [3.63, 3.8) is 0 Å². The molecule has 0 radical (unpaired) electrons. The molecule has 8 rings (SSSR count). The van der Waals surface area contributed by atoms with Crippen molar-refractivity contribution in [1.82, 2.24) is 9.97 Å². The summed E-state index contributed by atoms with van der Waals surface area (Å²) < 4.78 is 0. The first kappa shape index (κ1) is 31.5. The van der Waals surface area contributed by atoms with Crippen LogP contribution in [0.3, 0.4) is 0 Å². The number of hydrogen-bond acceptors (Lipinski definition) is 3. The van der Waals surface area contributed by atoms with Crippen molar-refractivity contribution in [1.29, 1.82) is 0 Å². The molecule has 6 aromatic carbocycles. The number of para-hydroxylation sites is 1. The molecule has 0 spiro atoms. The number of aryl methyl sites for hydroxylation is 1. The highest BCUT2D eigenvalue weighted by molar-refractivity contribution is 6.11. The van der Waals surface area contributed by atoms with E-state index < -0.39 is 0 Å². The molecule has 51 heavy (non-hydrogen) atoms. The summed E-state index contributed by atoms with van der Waals surface area (Å²) >= 11 is 0. The van der Waals surface area contributed by atoms with Gasteiger partial charge in [-0.3, -0.25) is 9.98 Å². The van der Waals surface area contributed by atoms with Crippen LogP contribution in [0.4, 0.5) is 0 Å². The Labute approximate surface area is 297 Å². The van der Waals surface area contributed by atoms with Crippen LogP contribution in [0, 0.1) is 6.92 Å². The van der Waals surface area contributed by atoms with Crippen LogP contribution >= 0.6 is 0 Å². The minimum Gasteiger partial charge on any atom is -0.383 e. The molecule has 244 valence electrons. The van der Waals surface area contributed by atoms with Crippen LogP contribution in [0.5, 0.6) is 0 Å². The smallest absolute Gasteiger partial charge is 0.157 e. The van der Waals surface area contributed by atoms with Crippen LogP contribution in [0.1, 0.15) is 22.3 Å². The Hall–Kier alpha value is -6.72. The van der Waals surface area contributed by atoms with Crippen LogP contribution in [-0.2, 0) is 6.54 Å². The standard InChI is InChI=1S/C46H35N5/c1-31-16-18-33(19-17-31)38-26-32(29-49-46(37-12-6-3-7-13-37)51-45(47)36-10-4-2-5-11-36)27-39(28-38)34-20-22-35(23-21-34)44-42-30-48-25-24-40(42)41-14-8-9-15-43(41)50-44/h2-28,30H,29H2,1H3,(H2,47,49,51). The molecule has 0 saturated heterocycles. The normalized spacial score (nSPS) is 12.0. The van der Waals surface area contributed by atoms with Gasteiger partial charge in [-0.15, -0.1) is 0 Å². The fraction of sp³-hybridized carbons (Fsp3) is 0.0435. The van der Waals surface area contributed by atoms with Gasteiger partial charge in [-0.25, -0.2) is 9.98 Å². The number of pyridine rings is 2. The highest BCUT2D eigenvalue weighted by Gasteiger charge is 2.12. The molecule has 8 aromatic rings. The minimum atomic E-state index is 0.428. The molecule has 0 aliphatic carbocycles. The summed E-state index contributed by atoms with van der Waals surface area (Å²) in [6.07, 6.45) is 3.76. The monoisotopic (exact) mass is 657 g/mol. The second kappa shape index (κ2) is 14.0. The molecule has 2 N–H and O–H groups in total. The molecule has 0 aliphatic rings. The topological polar surface area (TPSA) is 76.5 Å². The number of aromatic nitrogens is 2. The third-order valence-corrected chi connectivity index (χ3v) is 9.11. The second-order valence-corrected chi connectivity index (χ2v) is 12.6. The van der Waals surface area contributed by atoms with Gasteiger partial charge in [0.15, 0.2) is 5.84 Å². The van der Waals surface area contributed by atoms with Crippen LogP contribution in [0.2, 0.25) is 0 Å². The summed E-state index contributed by atoms with van der Waals surface area (Å²) in [5, 5.41) is 3.31. The minimum absolute atomic E-state index is 0.428. The quantitative estimate of drug-likeness (QED) is 0.105. The van der Waals surface area contributed by atoms with E-state index in [2.05, 4.69) is 103 Å². The highest BCUT2D eigenvalue weighted by Crippen LogP contribution is 2.34. The Kier molecular flexibility index (Phi) is 8.67. The number of benzene rings is 6. The zero-order valence-electron chi connectivity index (χ0n) is 28.2. The number of nitrogens with zero attached hydrogens (tertiary/aromatic N) is 4. The molecule has 0 saturated carbocycles. The van der Waals surface area contributed by atoms with Crippen LogP contribution in [0.15, 0.2) is 180 Å². The molecule has 5 nitrogen and oxygen atoms in total. The Morgan fingerprint density at radius 1 is 0.569 bits per heavy atom. The fourth-order valence-corrected chi connectivity index (χ4v) is 6.43. The van der Waals surface area contributed by atoms with Crippen molar-refractivity contribution in [3.05, 3.63) is 192 Å².